The van der Waals surface area contributed by atoms with E-state index >= 15 is 0 Å². The van der Waals surface area contributed by atoms with Crippen LogP contribution in [-0.4, -0.2) is 19.4 Å². The third-order valence-electron chi connectivity index (χ3n) is 1.75. The molecule has 0 saturated heterocycles. The molecule has 0 bridgehead atoms. The predicted molar refractivity (Wildman–Crippen MR) is 55.3 cm³/mol. The van der Waals surface area contributed by atoms with Crippen molar-refractivity contribution in [2.24, 2.45) is 0 Å². The first-order valence-electron chi connectivity index (χ1n) is 5.06. The van der Waals surface area contributed by atoms with Crippen molar-refractivity contribution >= 4 is 7.60 Å². The molecule has 0 N–H and O–H groups in total. The van der Waals surface area contributed by atoms with Crippen LogP contribution in [0, 0.1) is 0 Å². The molecule has 0 aliphatic carbocycles. The Labute approximate surface area is 81.3 Å². The SMILES string of the molecule is CCCCCOP(=O)(CC)OCC. The van der Waals surface area contributed by atoms with Gasteiger partial charge in [0.1, 0.15) is 0 Å². The summed E-state index contributed by atoms with van der Waals surface area (Å²) in [6.45, 7) is 6.80. The van der Waals surface area contributed by atoms with Crippen LogP contribution in [0.1, 0.15) is 40.0 Å². The zero-order chi connectivity index (χ0) is 10.2. The van der Waals surface area contributed by atoms with Crippen molar-refractivity contribution < 1.29 is 13.6 Å². The smallest absolute Gasteiger partial charge is 0.309 e. The first-order chi connectivity index (χ1) is 6.18. The molecular weight excluding hydrogens is 187 g/mol. The molecule has 0 aromatic heterocycles. The van der Waals surface area contributed by atoms with E-state index in [1.54, 1.807) is 0 Å². The van der Waals surface area contributed by atoms with E-state index < -0.39 is 7.60 Å². The van der Waals surface area contributed by atoms with Crippen LogP contribution in [-0.2, 0) is 13.6 Å². The fourth-order valence-corrected chi connectivity index (χ4v) is 2.21. The zero-order valence-corrected chi connectivity index (χ0v) is 9.81. The van der Waals surface area contributed by atoms with Crippen LogP contribution < -0.4 is 0 Å². The van der Waals surface area contributed by atoms with E-state index in [-0.39, 0.29) is 0 Å². The Bertz CT molecular complexity index is 159. The van der Waals surface area contributed by atoms with E-state index in [1.807, 2.05) is 13.8 Å². The third kappa shape index (κ3) is 6.25. The van der Waals surface area contributed by atoms with Gasteiger partial charge in [-0.25, -0.2) is 0 Å². The molecule has 80 valence electrons. The lowest BCUT2D eigenvalue weighted by Crippen LogP contribution is -1.99. The Hall–Kier alpha value is 0.150. The molecule has 0 rings (SSSR count). The lowest BCUT2D eigenvalue weighted by Gasteiger charge is -2.15. The molecule has 0 heterocycles. The van der Waals surface area contributed by atoms with E-state index in [0.29, 0.717) is 19.4 Å². The Balaban J connectivity index is 3.64. The first-order valence-corrected chi connectivity index (χ1v) is 6.79. The topological polar surface area (TPSA) is 35.5 Å². The van der Waals surface area contributed by atoms with Crippen LogP contribution in [0.4, 0.5) is 0 Å². The molecule has 0 amide bonds. The van der Waals surface area contributed by atoms with Gasteiger partial charge < -0.3 is 9.05 Å². The minimum absolute atomic E-state index is 0.457. The molecule has 1 atom stereocenters. The van der Waals surface area contributed by atoms with Crippen molar-refractivity contribution in [2.75, 3.05) is 19.4 Å². The van der Waals surface area contributed by atoms with E-state index in [9.17, 15) is 4.57 Å². The molecule has 0 spiro atoms. The van der Waals surface area contributed by atoms with E-state index in [2.05, 4.69) is 6.92 Å². The summed E-state index contributed by atoms with van der Waals surface area (Å²) in [6.07, 6.45) is 3.70. The van der Waals surface area contributed by atoms with Crippen LogP contribution in [0.3, 0.4) is 0 Å². The van der Waals surface area contributed by atoms with E-state index in [4.69, 9.17) is 9.05 Å². The predicted octanol–water partition coefficient (Wildman–Crippen LogP) is 3.44. The van der Waals surface area contributed by atoms with Crippen LogP contribution in [0.2, 0.25) is 0 Å². The molecule has 0 radical (unpaired) electrons. The largest absolute Gasteiger partial charge is 0.330 e. The summed E-state index contributed by atoms with van der Waals surface area (Å²) in [7, 11) is -2.74. The number of unbranched alkanes of at least 4 members (excludes halogenated alkanes) is 2. The highest BCUT2D eigenvalue weighted by atomic mass is 31.2. The fraction of sp³-hybridized carbons (Fsp3) is 1.00. The molecule has 13 heavy (non-hydrogen) atoms. The third-order valence-corrected chi connectivity index (χ3v) is 3.75. The van der Waals surface area contributed by atoms with Gasteiger partial charge in [-0.05, 0) is 13.3 Å². The number of rotatable bonds is 8. The van der Waals surface area contributed by atoms with Crippen molar-refractivity contribution in [3.05, 3.63) is 0 Å². The quantitative estimate of drug-likeness (QED) is 0.452. The molecule has 0 aromatic rings. The van der Waals surface area contributed by atoms with Crippen molar-refractivity contribution in [1.82, 2.24) is 0 Å². The van der Waals surface area contributed by atoms with Gasteiger partial charge in [0.2, 0.25) is 0 Å². The van der Waals surface area contributed by atoms with Gasteiger partial charge in [0.05, 0.1) is 13.2 Å². The normalized spacial score (nSPS) is 15.6. The summed E-state index contributed by atoms with van der Waals surface area (Å²) in [5.74, 6) is 0. The number of hydrogen-bond acceptors (Lipinski definition) is 3. The van der Waals surface area contributed by atoms with E-state index in [1.165, 1.54) is 0 Å². The lowest BCUT2D eigenvalue weighted by molar-refractivity contribution is 0.209. The van der Waals surface area contributed by atoms with Crippen LogP contribution in [0.5, 0.6) is 0 Å². The summed E-state index contributed by atoms with van der Waals surface area (Å²) < 4.78 is 22.0. The van der Waals surface area contributed by atoms with Crippen molar-refractivity contribution in [2.45, 2.75) is 40.0 Å². The highest BCUT2D eigenvalue weighted by Gasteiger charge is 2.20. The van der Waals surface area contributed by atoms with Gasteiger partial charge in [-0.3, -0.25) is 4.57 Å². The highest BCUT2D eigenvalue weighted by Crippen LogP contribution is 2.47. The monoisotopic (exact) mass is 208 g/mol. The second kappa shape index (κ2) is 7.54. The average Bonchev–Trinajstić information content (AvgIpc) is 2.13. The lowest BCUT2D eigenvalue weighted by atomic mass is 10.3. The van der Waals surface area contributed by atoms with Crippen LogP contribution in [0.15, 0.2) is 0 Å². The van der Waals surface area contributed by atoms with Crippen molar-refractivity contribution in [3.63, 3.8) is 0 Å². The first kappa shape index (κ1) is 13.2. The number of hydrogen-bond donors (Lipinski definition) is 0. The Kier molecular flexibility index (Phi) is 7.63. The molecule has 0 aliphatic heterocycles. The Morgan fingerprint density at radius 3 is 2.23 bits per heavy atom. The van der Waals surface area contributed by atoms with E-state index in [0.717, 1.165) is 19.3 Å². The Morgan fingerprint density at radius 1 is 1.08 bits per heavy atom. The minimum Gasteiger partial charge on any atom is -0.309 e. The summed E-state index contributed by atoms with van der Waals surface area (Å²) in [5.41, 5.74) is 0. The van der Waals surface area contributed by atoms with Crippen molar-refractivity contribution in [3.8, 4) is 0 Å². The molecule has 0 aromatic carbocycles. The summed E-state index contributed by atoms with van der Waals surface area (Å²) in [6, 6.07) is 0. The van der Waals surface area contributed by atoms with Gasteiger partial charge in [-0.15, -0.1) is 0 Å². The second-order valence-electron chi connectivity index (χ2n) is 2.89. The minimum atomic E-state index is -2.74. The molecule has 0 fully saturated rings. The molecule has 4 heteroatoms. The van der Waals surface area contributed by atoms with Gasteiger partial charge in [0.15, 0.2) is 0 Å². The summed E-state index contributed by atoms with van der Waals surface area (Å²) in [4.78, 5) is 0. The van der Waals surface area contributed by atoms with Crippen LogP contribution >= 0.6 is 7.60 Å². The second-order valence-corrected chi connectivity index (χ2v) is 5.26. The summed E-state index contributed by atoms with van der Waals surface area (Å²) in [5, 5.41) is 0. The molecular formula is C9H21O3P. The van der Waals surface area contributed by atoms with Gasteiger partial charge in [0.25, 0.3) is 0 Å². The van der Waals surface area contributed by atoms with Gasteiger partial charge in [-0.2, -0.15) is 0 Å². The maximum absolute atomic E-state index is 11.7. The maximum Gasteiger partial charge on any atom is 0.330 e. The van der Waals surface area contributed by atoms with Gasteiger partial charge in [-0.1, -0.05) is 26.7 Å². The van der Waals surface area contributed by atoms with Gasteiger partial charge in [0, 0.05) is 6.16 Å². The summed E-state index contributed by atoms with van der Waals surface area (Å²) >= 11 is 0. The maximum atomic E-state index is 11.7. The molecule has 3 nitrogen and oxygen atoms in total. The van der Waals surface area contributed by atoms with Crippen molar-refractivity contribution in [1.29, 1.82) is 0 Å². The standard InChI is InChI=1S/C9H21O3P/c1-4-7-8-9-12-13(10,6-3)11-5-2/h4-9H2,1-3H3. The zero-order valence-electron chi connectivity index (χ0n) is 8.91. The van der Waals surface area contributed by atoms with Crippen LogP contribution in [0.25, 0.3) is 0 Å². The molecule has 0 saturated carbocycles. The highest BCUT2D eigenvalue weighted by molar-refractivity contribution is 7.53. The fourth-order valence-electron chi connectivity index (χ4n) is 0.972. The molecule has 1 unspecified atom stereocenters. The average molecular weight is 208 g/mol. The Morgan fingerprint density at radius 2 is 1.77 bits per heavy atom. The van der Waals surface area contributed by atoms with Gasteiger partial charge >= 0.3 is 7.60 Å². The molecule has 0 aliphatic rings.